The quantitative estimate of drug-likeness (QED) is 0.121. The number of hydrogen-bond donors (Lipinski definition) is 3. The van der Waals surface area contributed by atoms with Gasteiger partial charge >= 0.3 is 13.7 Å². The van der Waals surface area contributed by atoms with Gasteiger partial charge in [0, 0.05) is 0 Å². The van der Waals surface area contributed by atoms with Gasteiger partial charge in [-0.15, -0.1) is 0 Å². The van der Waals surface area contributed by atoms with Crippen molar-refractivity contribution in [1.29, 1.82) is 0 Å². The lowest BCUT2D eigenvalue weighted by molar-refractivity contribution is -0.220. The summed E-state index contributed by atoms with van der Waals surface area (Å²) in [6, 6.07) is 6.24. The van der Waals surface area contributed by atoms with E-state index >= 15 is 4.39 Å². The number of aromatic nitrogens is 4. The number of nitrogens with one attached hydrogen (secondary N) is 1. The lowest BCUT2D eigenvalue weighted by Crippen LogP contribution is -2.42. The third-order valence-corrected chi connectivity index (χ3v) is 11.3. The van der Waals surface area contributed by atoms with E-state index in [-0.39, 0.29) is 40.5 Å². The fraction of sp³-hybridized carbons (Fsp3) is 0.571. The van der Waals surface area contributed by atoms with Crippen LogP contribution in [-0.4, -0.2) is 68.2 Å². The van der Waals surface area contributed by atoms with E-state index in [9.17, 15) is 23.9 Å². The zero-order chi connectivity index (χ0) is 34.6. The molecular weight excluding hydrogens is 697 g/mol. The molecule has 1 aliphatic carbocycles. The lowest BCUT2D eigenvalue weighted by Gasteiger charge is -2.31. The van der Waals surface area contributed by atoms with Gasteiger partial charge < -0.3 is 34.3 Å². The second-order valence-corrected chi connectivity index (χ2v) is 15.5. The molecule has 20 heteroatoms. The van der Waals surface area contributed by atoms with Crippen LogP contribution in [0, 0.1) is 11.8 Å². The summed E-state index contributed by atoms with van der Waals surface area (Å²) >= 11 is 5.88. The monoisotopic (exact) mass is 733 g/mol. The molecular formula is C28H37ClFN6O10P2-. The van der Waals surface area contributed by atoms with Crippen LogP contribution in [0.25, 0.3) is 11.2 Å². The van der Waals surface area contributed by atoms with Crippen LogP contribution in [0.1, 0.15) is 52.2 Å². The number of anilines is 1. The number of phosphoric acid groups is 1. The SMILES string of the molecule is CC(C)[C@H](NP(=O)(Oc1ccccc1)OP(=O)([O-])OC[C@H]1O[C@@H](n2cnc3c(N)nc(Cl)nc32)[C@H](F)C1O)C(=O)OCC1CCCCC1. The molecule has 3 aromatic rings. The number of nitrogen functional groups attached to an aromatic ring is 1. The average molecular weight is 734 g/mol. The molecule has 0 amide bonds. The molecule has 16 nitrogen and oxygen atoms in total. The minimum absolute atomic E-state index is 0.00814. The molecule has 264 valence electrons. The highest BCUT2D eigenvalue weighted by Gasteiger charge is 2.47. The number of ether oxygens (including phenoxy) is 2. The first-order valence-electron chi connectivity index (χ1n) is 15.3. The second kappa shape index (κ2) is 15.4. The molecule has 3 heterocycles. The summed E-state index contributed by atoms with van der Waals surface area (Å²) in [4.78, 5) is 38.0. The number of para-hydroxylation sites is 1. The molecule has 48 heavy (non-hydrogen) atoms. The number of nitrogens with two attached hydrogens (primary N) is 1. The highest BCUT2D eigenvalue weighted by Crippen LogP contribution is 2.59. The molecule has 0 spiro atoms. The summed E-state index contributed by atoms with van der Waals surface area (Å²) in [5.41, 5.74) is 5.91. The number of carbonyl (C=O) groups excluding carboxylic acids is 1. The summed E-state index contributed by atoms with van der Waals surface area (Å²) < 4.78 is 69.9. The summed E-state index contributed by atoms with van der Waals surface area (Å²) in [6.07, 6.45) is -0.876. The summed E-state index contributed by atoms with van der Waals surface area (Å²) in [5, 5.41) is 12.7. The first-order valence-corrected chi connectivity index (χ1v) is 18.7. The zero-order valence-electron chi connectivity index (χ0n) is 26.1. The van der Waals surface area contributed by atoms with Crippen molar-refractivity contribution in [3.63, 3.8) is 0 Å². The van der Waals surface area contributed by atoms with Crippen LogP contribution in [0.15, 0.2) is 36.7 Å². The fourth-order valence-corrected chi connectivity index (χ4v) is 8.72. The molecule has 4 N–H and O–H groups in total. The minimum atomic E-state index is -5.58. The Labute approximate surface area is 280 Å². The van der Waals surface area contributed by atoms with Crippen molar-refractivity contribution in [1.82, 2.24) is 24.6 Å². The van der Waals surface area contributed by atoms with E-state index in [1.165, 1.54) is 12.1 Å². The fourth-order valence-electron chi connectivity index (χ4n) is 5.46. The van der Waals surface area contributed by atoms with Gasteiger partial charge in [-0.2, -0.15) is 15.1 Å². The van der Waals surface area contributed by atoms with Gasteiger partial charge in [0.15, 0.2) is 23.9 Å². The largest absolute Gasteiger partial charge is 0.756 e. The van der Waals surface area contributed by atoms with E-state index in [2.05, 4.69) is 20.0 Å². The van der Waals surface area contributed by atoms with Gasteiger partial charge in [0.25, 0.3) is 7.82 Å². The Bertz CT molecular complexity index is 1670. The maximum atomic E-state index is 15.3. The lowest BCUT2D eigenvalue weighted by atomic mass is 9.90. The maximum absolute atomic E-state index is 15.3. The Hall–Kier alpha value is -2.72. The molecule has 7 atom stereocenters. The van der Waals surface area contributed by atoms with Gasteiger partial charge in [-0.05, 0) is 48.4 Å². The van der Waals surface area contributed by atoms with Gasteiger partial charge in [-0.1, -0.05) is 51.3 Å². The van der Waals surface area contributed by atoms with Crippen LogP contribution in [0.2, 0.25) is 5.28 Å². The molecule has 1 saturated heterocycles. The normalized spacial score (nSPS) is 25.1. The van der Waals surface area contributed by atoms with E-state index in [1.807, 2.05) is 0 Å². The standard InChI is InChI=1S/C28H38ClFN6O10P2/c1-16(2)21(27(38)42-13-17-9-5-3-6-10-17)35-47(39,45-18-11-7-4-8-12-18)46-48(40,41)43-14-19-23(37)20(30)26(44-19)36-15-32-22-24(31)33-28(29)34-25(22)36/h4,7-8,11-12,15-17,19-21,23,26,37H,3,5-6,9-10,13-14H2,1-2H3,(H,35,39)(H,40,41)(H2,31,33,34)/p-1/t19-,20-,21+,23?,26-,47?/m1/s1. The number of halogens is 2. The van der Waals surface area contributed by atoms with E-state index in [0.29, 0.717) is 0 Å². The van der Waals surface area contributed by atoms with Crippen LogP contribution in [-0.2, 0) is 32.2 Å². The van der Waals surface area contributed by atoms with Crippen molar-refractivity contribution in [2.75, 3.05) is 18.9 Å². The third-order valence-electron chi connectivity index (χ3n) is 7.97. The summed E-state index contributed by atoms with van der Waals surface area (Å²) in [7, 11) is -10.5. The number of phosphoric ester groups is 1. The van der Waals surface area contributed by atoms with Crippen molar-refractivity contribution in [3.8, 4) is 5.75 Å². The Morgan fingerprint density at radius 2 is 1.92 bits per heavy atom. The van der Waals surface area contributed by atoms with Crippen molar-refractivity contribution in [2.24, 2.45) is 11.8 Å². The van der Waals surface area contributed by atoms with Crippen LogP contribution >= 0.6 is 27.2 Å². The molecule has 3 unspecified atom stereocenters. The van der Waals surface area contributed by atoms with Crippen molar-refractivity contribution in [2.45, 2.75) is 76.6 Å². The predicted molar refractivity (Wildman–Crippen MR) is 168 cm³/mol. The summed E-state index contributed by atoms with van der Waals surface area (Å²) in [6.45, 7) is 2.49. The Morgan fingerprint density at radius 3 is 2.60 bits per heavy atom. The maximum Gasteiger partial charge on any atom is 0.465 e. The molecule has 2 aromatic heterocycles. The number of esters is 1. The predicted octanol–water partition coefficient (Wildman–Crippen LogP) is 4.08. The van der Waals surface area contributed by atoms with E-state index < -0.39 is 64.7 Å². The third kappa shape index (κ3) is 8.89. The molecule has 0 bridgehead atoms. The van der Waals surface area contributed by atoms with Gasteiger partial charge in [-0.25, -0.2) is 18.3 Å². The molecule has 1 aliphatic heterocycles. The first kappa shape index (κ1) is 36.6. The zero-order valence-corrected chi connectivity index (χ0v) is 28.6. The Morgan fingerprint density at radius 1 is 1.21 bits per heavy atom. The molecule has 2 fully saturated rings. The van der Waals surface area contributed by atoms with E-state index in [4.69, 9.17) is 40.2 Å². The number of alkyl halides is 1. The molecule has 2 aliphatic rings. The van der Waals surface area contributed by atoms with Crippen LogP contribution in [0.5, 0.6) is 5.75 Å². The molecule has 0 radical (unpaired) electrons. The first-order chi connectivity index (χ1) is 22.7. The average Bonchev–Trinajstić information content (AvgIpc) is 3.58. The molecule has 1 aromatic carbocycles. The number of aliphatic hydroxyl groups excluding tert-OH is 1. The number of nitrogens with zero attached hydrogens (tertiary/aromatic N) is 4. The number of imidazole rings is 1. The number of benzene rings is 1. The number of aliphatic hydroxyl groups is 1. The molecule has 1 saturated carbocycles. The van der Waals surface area contributed by atoms with Crippen LogP contribution < -0.4 is 20.2 Å². The van der Waals surface area contributed by atoms with Gasteiger partial charge in [0.1, 0.15) is 29.5 Å². The van der Waals surface area contributed by atoms with Crippen molar-refractivity contribution < 1.29 is 51.1 Å². The second-order valence-electron chi connectivity index (χ2n) is 11.9. The smallest absolute Gasteiger partial charge is 0.465 e. The van der Waals surface area contributed by atoms with Crippen molar-refractivity contribution >= 4 is 50.1 Å². The van der Waals surface area contributed by atoms with Crippen LogP contribution in [0.3, 0.4) is 0 Å². The Balaban J connectivity index is 1.28. The van der Waals surface area contributed by atoms with Gasteiger partial charge in [-0.3, -0.25) is 13.9 Å². The van der Waals surface area contributed by atoms with Crippen LogP contribution in [0.4, 0.5) is 10.2 Å². The van der Waals surface area contributed by atoms with E-state index in [0.717, 1.165) is 43.0 Å². The number of carbonyl (C=O) groups is 1. The number of fused-ring (bicyclic) bond motifs is 1. The minimum Gasteiger partial charge on any atom is -0.756 e. The number of hydrogen-bond acceptors (Lipinski definition) is 14. The number of rotatable bonds is 14. The highest BCUT2D eigenvalue weighted by molar-refractivity contribution is 7.63. The topological polar surface area (TPSA) is 222 Å². The van der Waals surface area contributed by atoms with Gasteiger partial charge in [0.05, 0.1) is 19.5 Å². The summed E-state index contributed by atoms with van der Waals surface area (Å²) in [5.74, 6) is -1.22. The van der Waals surface area contributed by atoms with E-state index in [1.54, 1.807) is 32.0 Å². The van der Waals surface area contributed by atoms with Gasteiger partial charge in [0.2, 0.25) is 5.28 Å². The highest BCUT2D eigenvalue weighted by atomic mass is 35.5. The van der Waals surface area contributed by atoms with Crippen molar-refractivity contribution in [3.05, 3.63) is 41.9 Å². The molecule has 5 rings (SSSR count). The Kier molecular flexibility index (Phi) is 11.8.